The molecule has 37 heavy (non-hydrogen) atoms. The standard InChI is InChI=1S/C28H21BrN2O5S/c1-14-11-17-12-16(5-10-21(17)36-14)25(32)23-24(15-3-6-18(29)7-4-15)31(27(34)26(23)33)28-30-20-9-8-19(35-2)13-22(20)37-28/h3-10,12-14,24,32H,11H2,1-2H3/t14-,24-/m1/s1. The molecule has 2 aliphatic heterocycles. The average molecular weight is 577 g/mol. The summed E-state index contributed by atoms with van der Waals surface area (Å²) in [6.07, 6.45) is 0.745. The maximum Gasteiger partial charge on any atom is 0.301 e. The molecule has 3 aromatic carbocycles. The van der Waals surface area contributed by atoms with Crippen molar-refractivity contribution in [1.82, 2.24) is 4.98 Å². The summed E-state index contributed by atoms with van der Waals surface area (Å²) >= 11 is 4.74. The minimum absolute atomic E-state index is 0.0241. The van der Waals surface area contributed by atoms with Gasteiger partial charge in [0.05, 0.1) is 28.9 Å². The first-order chi connectivity index (χ1) is 17.8. The summed E-state index contributed by atoms with van der Waals surface area (Å²) < 4.78 is 12.8. The molecule has 3 heterocycles. The lowest BCUT2D eigenvalue weighted by Crippen LogP contribution is -2.29. The van der Waals surface area contributed by atoms with Crippen molar-refractivity contribution in [2.24, 2.45) is 0 Å². The highest BCUT2D eigenvalue weighted by atomic mass is 79.9. The molecule has 1 fully saturated rings. The van der Waals surface area contributed by atoms with Crippen LogP contribution in [0.4, 0.5) is 5.13 Å². The van der Waals surface area contributed by atoms with Crippen LogP contribution in [0.3, 0.4) is 0 Å². The van der Waals surface area contributed by atoms with E-state index in [0.29, 0.717) is 33.9 Å². The Morgan fingerprint density at radius 1 is 1.14 bits per heavy atom. The van der Waals surface area contributed by atoms with Gasteiger partial charge >= 0.3 is 5.91 Å². The Bertz CT molecular complexity index is 1610. The minimum Gasteiger partial charge on any atom is -0.507 e. The molecule has 6 rings (SSSR count). The maximum absolute atomic E-state index is 13.5. The monoisotopic (exact) mass is 576 g/mol. The zero-order chi connectivity index (χ0) is 25.8. The van der Waals surface area contributed by atoms with E-state index in [9.17, 15) is 14.7 Å². The molecular formula is C28H21BrN2O5S. The molecule has 0 unspecified atom stereocenters. The number of rotatable bonds is 4. The van der Waals surface area contributed by atoms with Gasteiger partial charge in [0.2, 0.25) is 0 Å². The number of aromatic nitrogens is 1. The summed E-state index contributed by atoms with van der Waals surface area (Å²) in [5.74, 6) is -0.284. The maximum atomic E-state index is 13.5. The number of hydrogen-bond donors (Lipinski definition) is 1. The topological polar surface area (TPSA) is 89.0 Å². The minimum atomic E-state index is -0.848. The number of ketones is 1. The first kappa shape index (κ1) is 23.7. The lowest BCUT2D eigenvalue weighted by atomic mass is 9.94. The van der Waals surface area contributed by atoms with Crippen LogP contribution in [-0.4, -0.2) is 35.0 Å². The van der Waals surface area contributed by atoms with Gasteiger partial charge in [-0.1, -0.05) is 39.4 Å². The molecule has 9 heteroatoms. The first-order valence-electron chi connectivity index (χ1n) is 11.6. The highest BCUT2D eigenvalue weighted by Gasteiger charge is 2.48. The smallest absolute Gasteiger partial charge is 0.301 e. The van der Waals surface area contributed by atoms with Gasteiger partial charge in [0.25, 0.3) is 5.78 Å². The summed E-state index contributed by atoms with van der Waals surface area (Å²) in [6, 6.07) is 17.3. The Hall–Kier alpha value is -3.69. The molecule has 0 bridgehead atoms. The molecule has 0 saturated carbocycles. The number of anilines is 1. The largest absolute Gasteiger partial charge is 0.507 e. The number of thiazole rings is 1. The fraction of sp³-hybridized carbons (Fsp3) is 0.179. The predicted octanol–water partition coefficient (Wildman–Crippen LogP) is 6.02. The van der Waals surface area contributed by atoms with Crippen LogP contribution >= 0.6 is 27.3 Å². The molecule has 0 aliphatic carbocycles. The van der Waals surface area contributed by atoms with Gasteiger partial charge in [0, 0.05) is 16.5 Å². The molecule has 0 radical (unpaired) electrons. The number of Topliss-reactive ketones (excluding diaryl/α,β-unsaturated/α-hetero) is 1. The first-order valence-corrected chi connectivity index (χ1v) is 13.3. The molecule has 7 nitrogen and oxygen atoms in total. The Labute approximate surface area is 225 Å². The van der Waals surface area contributed by atoms with Crippen molar-refractivity contribution < 1.29 is 24.2 Å². The molecule has 1 amide bonds. The molecule has 2 aliphatic rings. The Kier molecular flexibility index (Phi) is 5.77. The molecule has 1 aromatic heterocycles. The van der Waals surface area contributed by atoms with E-state index in [4.69, 9.17) is 9.47 Å². The van der Waals surface area contributed by atoms with Crippen LogP contribution in [0.1, 0.15) is 29.7 Å². The fourth-order valence-electron chi connectivity index (χ4n) is 4.84. The van der Waals surface area contributed by atoms with Gasteiger partial charge < -0.3 is 14.6 Å². The normalized spacial score (nSPS) is 20.4. The third kappa shape index (κ3) is 3.98. The highest BCUT2D eigenvalue weighted by Crippen LogP contribution is 2.45. The molecule has 2 atom stereocenters. The fourth-order valence-corrected chi connectivity index (χ4v) is 6.12. The summed E-state index contributed by atoms with van der Waals surface area (Å²) in [5, 5.41) is 11.8. The number of nitrogens with zero attached hydrogens (tertiary/aromatic N) is 2. The average Bonchev–Trinajstić information content (AvgIpc) is 3.55. The van der Waals surface area contributed by atoms with E-state index in [0.717, 1.165) is 20.5 Å². The van der Waals surface area contributed by atoms with Crippen molar-refractivity contribution in [3.8, 4) is 11.5 Å². The van der Waals surface area contributed by atoms with E-state index in [1.54, 1.807) is 25.3 Å². The second-order valence-corrected chi connectivity index (χ2v) is 10.9. The highest BCUT2D eigenvalue weighted by molar-refractivity contribution is 9.10. The van der Waals surface area contributed by atoms with E-state index in [1.807, 2.05) is 49.4 Å². The number of hydrogen-bond acceptors (Lipinski definition) is 7. The van der Waals surface area contributed by atoms with Gasteiger partial charge in [0.1, 0.15) is 23.4 Å². The van der Waals surface area contributed by atoms with Crippen molar-refractivity contribution in [2.45, 2.75) is 25.5 Å². The molecule has 1 saturated heterocycles. The second-order valence-electron chi connectivity index (χ2n) is 9.01. The number of aliphatic hydroxyl groups excluding tert-OH is 1. The van der Waals surface area contributed by atoms with Crippen molar-refractivity contribution in [3.05, 3.63) is 87.4 Å². The molecule has 4 aromatic rings. The lowest BCUT2D eigenvalue weighted by Gasteiger charge is -2.23. The number of fused-ring (bicyclic) bond motifs is 2. The van der Waals surface area contributed by atoms with Crippen LogP contribution in [0.15, 0.2) is 70.7 Å². The number of ether oxygens (including phenoxy) is 2. The summed E-state index contributed by atoms with van der Waals surface area (Å²) in [7, 11) is 1.58. The van der Waals surface area contributed by atoms with Crippen LogP contribution in [0, 0.1) is 0 Å². The van der Waals surface area contributed by atoms with Gasteiger partial charge in [-0.05, 0) is 66.6 Å². The summed E-state index contributed by atoms with van der Waals surface area (Å²) in [4.78, 5) is 33.0. The van der Waals surface area contributed by atoms with Crippen molar-refractivity contribution in [3.63, 3.8) is 0 Å². The number of benzene rings is 3. The summed E-state index contributed by atoms with van der Waals surface area (Å²) in [5.41, 5.74) is 2.80. The molecule has 186 valence electrons. The predicted molar refractivity (Wildman–Crippen MR) is 145 cm³/mol. The molecule has 1 N–H and O–H groups in total. The van der Waals surface area contributed by atoms with E-state index in [2.05, 4.69) is 20.9 Å². The number of methoxy groups -OCH3 is 1. The molecular weight excluding hydrogens is 556 g/mol. The lowest BCUT2D eigenvalue weighted by molar-refractivity contribution is -0.132. The number of halogens is 1. The van der Waals surface area contributed by atoms with E-state index >= 15 is 0 Å². The SMILES string of the molecule is COc1ccc2nc(N3C(=O)C(=O)C(=C(O)c4ccc5c(c4)C[C@@H](C)O5)[C@H]3c3ccc(Br)cc3)sc2c1. The van der Waals surface area contributed by atoms with Crippen molar-refractivity contribution >= 4 is 60.1 Å². The van der Waals surface area contributed by atoms with Crippen LogP contribution in [0.5, 0.6) is 11.5 Å². The van der Waals surface area contributed by atoms with E-state index < -0.39 is 17.7 Å². The number of carbonyl (C=O) groups is 2. The van der Waals surface area contributed by atoms with Gasteiger partial charge in [-0.25, -0.2) is 4.98 Å². The van der Waals surface area contributed by atoms with Crippen molar-refractivity contribution in [2.75, 3.05) is 12.0 Å². The van der Waals surface area contributed by atoms with Crippen LogP contribution in [0.2, 0.25) is 0 Å². The van der Waals surface area contributed by atoms with Gasteiger partial charge in [-0.3, -0.25) is 14.5 Å². The number of amides is 1. The van der Waals surface area contributed by atoms with Crippen LogP contribution < -0.4 is 14.4 Å². The number of carbonyl (C=O) groups excluding carboxylic acids is 2. The third-order valence-corrected chi connectivity index (χ3v) is 8.14. The van der Waals surface area contributed by atoms with Gasteiger partial charge in [0.15, 0.2) is 5.13 Å². The van der Waals surface area contributed by atoms with Crippen molar-refractivity contribution in [1.29, 1.82) is 0 Å². The third-order valence-electron chi connectivity index (χ3n) is 6.59. The quantitative estimate of drug-likeness (QED) is 0.181. The van der Waals surface area contributed by atoms with Crippen LogP contribution in [0.25, 0.3) is 16.0 Å². The number of aliphatic hydroxyl groups is 1. The zero-order valence-electron chi connectivity index (χ0n) is 19.9. The van der Waals surface area contributed by atoms with Crippen LogP contribution in [-0.2, 0) is 16.0 Å². The Morgan fingerprint density at radius 2 is 1.92 bits per heavy atom. The summed E-state index contributed by atoms with van der Waals surface area (Å²) in [6.45, 7) is 1.98. The zero-order valence-corrected chi connectivity index (χ0v) is 22.3. The van der Waals surface area contributed by atoms with E-state index in [-0.39, 0.29) is 17.4 Å². The van der Waals surface area contributed by atoms with Gasteiger partial charge in [-0.2, -0.15) is 0 Å². The molecule has 0 spiro atoms. The van der Waals surface area contributed by atoms with E-state index in [1.165, 1.54) is 16.2 Å². The second kappa shape index (κ2) is 9.00. The Balaban J connectivity index is 1.52. The van der Waals surface area contributed by atoms with Gasteiger partial charge in [-0.15, -0.1) is 0 Å². The Morgan fingerprint density at radius 3 is 2.68 bits per heavy atom.